The fourth-order valence-electron chi connectivity index (χ4n) is 1.07. The Morgan fingerprint density at radius 2 is 2.17 bits per heavy atom. The third-order valence-corrected chi connectivity index (χ3v) is 1.54. The lowest BCUT2D eigenvalue weighted by Gasteiger charge is -2.15. The molecule has 0 aliphatic carbocycles. The third-order valence-electron chi connectivity index (χ3n) is 1.54. The molecule has 68 valence electrons. The Hall–Kier alpha value is -1.19. The van der Waals surface area contributed by atoms with Gasteiger partial charge in [-0.15, -0.1) is 0 Å². The molecule has 12 heavy (non-hydrogen) atoms. The molecule has 0 fully saturated rings. The number of likely N-dealkylation sites (N-methyl/N-ethyl adjacent to an activating group) is 2. The monoisotopic (exact) mass is 168 g/mol. The largest absolute Gasteiger partial charge is 0.387 e. The van der Waals surface area contributed by atoms with Crippen LogP contribution in [0.25, 0.3) is 0 Å². The maximum absolute atomic E-state index is 4.09. The molecule has 1 aliphatic heterocycles. The molecule has 4 heteroatoms. The van der Waals surface area contributed by atoms with Gasteiger partial charge in [0.1, 0.15) is 5.84 Å². The maximum atomic E-state index is 4.09. The van der Waals surface area contributed by atoms with Crippen molar-refractivity contribution in [3.8, 4) is 0 Å². The molecule has 0 unspecified atom stereocenters. The van der Waals surface area contributed by atoms with Crippen LogP contribution in [0.1, 0.15) is 13.8 Å². The zero-order chi connectivity index (χ0) is 8.81. The van der Waals surface area contributed by atoms with E-state index in [0.717, 1.165) is 25.5 Å². The van der Waals surface area contributed by atoms with E-state index in [9.17, 15) is 0 Å². The summed E-state index contributed by atoms with van der Waals surface area (Å²) in [5, 5.41) is 10.5. The van der Waals surface area contributed by atoms with E-state index in [1.165, 1.54) is 5.70 Å². The molecule has 0 amide bonds. The topological polar surface area (TPSA) is 48.5 Å². The first kappa shape index (κ1) is 8.90. The summed E-state index contributed by atoms with van der Waals surface area (Å²) in [7, 11) is 0. The molecule has 0 saturated carbocycles. The molecule has 0 aromatic carbocycles. The zero-order valence-corrected chi connectivity index (χ0v) is 7.65. The van der Waals surface area contributed by atoms with Gasteiger partial charge in [-0.1, -0.05) is 0 Å². The highest BCUT2D eigenvalue weighted by molar-refractivity contribution is 5.93. The van der Waals surface area contributed by atoms with E-state index >= 15 is 0 Å². The molecule has 1 aliphatic rings. The van der Waals surface area contributed by atoms with Gasteiger partial charge in [-0.2, -0.15) is 5.10 Å². The Bertz CT molecular complexity index is 195. The van der Waals surface area contributed by atoms with Crippen molar-refractivity contribution < 1.29 is 0 Å². The first-order chi connectivity index (χ1) is 5.86. The Kier molecular flexibility index (Phi) is 3.44. The zero-order valence-electron chi connectivity index (χ0n) is 7.65. The van der Waals surface area contributed by atoms with Crippen LogP contribution in [0.3, 0.4) is 0 Å². The van der Waals surface area contributed by atoms with Gasteiger partial charge in [0.15, 0.2) is 0 Å². The highest BCUT2D eigenvalue weighted by atomic mass is 15.3. The van der Waals surface area contributed by atoms with Crippen molar-refractivity contribution in [2.45, 2.75) is 13.8 Å². The van der Waals surface area contributed by atoms with Crippen molar-refractivity contribution in [1.29, 1.82) is 0 Å². The maximum Gasteiger partial charge on any atom is 0.147 e. The molecule has 0 saturated heterocycles. The fraction of sp³-hybridized carbons (Fsp3) is 0.625. The fourth-order valence-corrected chi connectivity index (χ4v) is 1.07. The molecule has 0 aromatic heterocycles. The molecule has 0 aromatic rings. The summed E-state index contributed by atoms with van der Waals surface area (Å²) < 4.78 is 0. The normalized spacial score (nSPS) is 15.8. The van der Waals surface area contributed by atoms with Crippen LogP contribution < -0.4 is 16.1 Å². The lowest BCUT2D eigenvalue weighted by Crippen LogP contribution is -2.33. The Labute approximate surface area is 73.1 Å². The highest BCUT2D eigenvalue weighted by Crippen LogP contribution is 1.93. The second-order valence-corrected chi connectivity index (χ2v) is 2.56. The van der Waals surface area contributed by atoms with Crippen LogP contribution in [0.4, 0.5) is 0 Å². The molecular formula is C8H16N4. The number of hydrogen-bond acceptors (Lipinski definition) is 4. The molecule has 0 radical (unpaired) electrons. The molecular weight excluding hydrogens is 152 g/mol. The molecule has 1 heterocycles. The van der Waals surface area contributed by atoms with Crippen LogP contribution in [-0.2, 0) is 0 Å². The number of amidine groups is 1. The van der Waals surface area contributed by atoms with Crippen molar-refractivity contribution in [3.05, 3.63) is 11.8 Å². The summed E-state index contributed by atoms with van der Waals surface area (Å²) in [5.41, 5.74) is 4.13. The summed E-state index contributed by atoms with van der Waals surface area (Å²) in [6.07, 6.45) is 2.03. The molecule has 0 atom stereocenters. The van der Waals surface area contributed by atoms with Crippen molar-refractivity contribution >= 4 is 5.84 Å². The summed E-state index contributed by atoms with van der Waals surface area (Å²) in [6.45, 7) is 6.78. The standard InChI is InChI=1S/C8H16N4/c1-3-9-7-5-8(10-4-2)12-11-6-7/h5,9,11H,3-4,6H2,1-2H3,(H,10,12). The van der Waals surface area contributed by atoms with Crippen LogP contribution in [0, 0.1) is 0 Å². The van der Waals surface area contributed by atoms with Crippen LogP contribution >= 0.6 is 0 Å². The first-order valence-electron chi connectivity index (χ1n) is 4.35. The van der Waals surface area contributed by atoms with E-state index in [-0.39, 0.29) is 0 Å². The third kappa shape index (κ3) is 2.45. The van der Waals surface area contributed by atoms with Crippen LogP contribution in [0.15, 0.2) is 16.9 Å². The van der Waals surface area contributed by atoms with Crippen LogP contribution in [0.5, 0.6) is 0 Å². The second kappa shape index (κ2) is 4.64. The van der Waals surface area contributed by atoms with Crippen LogP contribution in [-0.4, -0.2) is 25.5 Å². The quantitative estimate of drug-likeness (QED) is 0.556. The van der Waals surface area contributed by atoms with Gasteiger partial charge in [-0.05, 0) is 13.8 Å². The predicted molar refractivity (Wildman–Crippen MR) is 50.9 cm³/mol. The van der Waals surface area contributed by atoms with E-state index in [1.807, 2.05) is 6.08 Å². The lowest BCUT2D eigenvalue weighted by molar-refractivity contribution is 0.706. The Morgan fingerprint density at radius 3 is 2.83 bits per heavy atom. The van der Waals surface area contributed by atoms with Gasteiger partial charge in [0.2, 0.25) is 0 Å². The number of nitrogens with one attached hydrogen (secondary N) is 3. The first-order valence-corrected chi connectivity index (χ1v) is 4.35. The summed E-state index contributed by atoms with van der Waals surface area (Å²) in [5.74, 6) is 0.903. The number of hydrogen-bond donors (Lipinski definition) is 3. The Balaban J connectivity index is 2.48. The van der Waals surface area contributed by atoms with Gasteiger partial charge < -0.3 is 16.1 Å². The molecule has 1 rings (SSSR count). The Morgan fingerprint density at radius 1 is 1.42 bits per heavy atom. The van der Waals surface area contributed by atoms with E-state index in [2.05, 4.69) is 35.0 Å². The molecule has 4 nitrogen and oxygen atoms in total. The molecule has 3 N–H and O–H groups in total. The van der Waals surface area contributed by atoms with Gasteiger partial charge >= 0.3 is 0 Å². The average molecular weight is 168 g/mol. The minimum atomic E-state index is 0.794. The van der Waals surface area contributed by atoms with Gasteiger partial charge in [0, 0.05) is 24.9 Å². The van der Waals surface area contributed by atoms with E-state index in [1.54, 1.807) is 0 Å². The second-order valence-electron chi connectivity index (χ2n) is 2.56. The van der Waals surface area contributed by atoms with E-state index in [4.69, 9.17) is 0 Å². The summed E-state index contributed by atoms with van der Waals surface area (Å²) in [4.78, 5) is 0. The highest BCUT2D eigenvalue weighted by Gasteiger charge is 2.03. The average Bonchev–Trinajstić information content (AvgIpc) is 2.06. The number of nitrogens with zero attached hydrogens (tertiary/aromatic N) is 1. The van der Waals surface area contributed by atoms with Gasteiger partial charge in [0.05, 0.1) is 6.54 Å². The number of hydrazone groups is 1. The van der Waals surface area contributed by atoms with Crippen molar-refractivity contribution in [3.63, 3.8) is 0 Å². The summed E-state index contributed by atoms with van der Waals surface area (Å²) >= 11 is 0. The molecule has 0 bridgehead atoms. The van der Waals surface area contributed by atoms with E-state index < -0.39 is 0 Å². The lowest BCUT2D eigenvalue weighted by atomic mass is 10.3. The predicted octanol–water partition coefficient (Wildman–Crippen LogP) is 0.00600. The summed E-state index contributed by atoms with van der Waals surface area (Å²) in [6, 6.07) is 0. The minimum Gasteiger partial charge on any atom is -0.387 e. The van der Waals surface area contributed by atoms with Gasteiger partial charge in [-0.3, -0.25) is 0 Å². The van der Waals surface area contributed by atoms with Crippen molar-refractivity contribution in [1.82, 2.24) is 16.1 Å². The van der Waals surface area contributed by atoms with Gasteiger partial charge in [-0.25, -0.2) is 0 Å². The SMILES string of the molecule is CCNC1=CC(NCC)=NNC1. The van der Waals surface area contributed by atoms with Crippen LogP contribution in [0.2, 0.25) is 0 Å². The van der Waals surface area contributed by atoms with Crippen molar-refractivity contribution in [2.24, 2.45) is 5.10 Å². The number of rotatable bonds is 3. The van der Waals surface area contributed by atoms with Crippen molar-refractivity contribution in [2.75, 3.05) is 19.6 Å². The van der Waals surface area contributed by atoms with Gasteiger partial charge in [0.25, 0.3) is 0 Å². The smallest absolute Gasteiger partial charge is 0.147 e. The minimum absolute atomic E-state index is 0.794. The molecule has 0 spiro atoms. The van der Waals surface area contributed by atoms with E-state index in [0.29, 0.717) is 0 Å².